The summed E-state index contributed by atoms with van der Waals surface area (Å²) in [6, 6.07) is 9.32. The molecule has 88 valence electrons. The van der Waals surface area contributed by atoms with E-state index in [-0.39, 0.29) is 6.04 Å². The van der Waals surface area contributed by atoms with Crippen molar-refractivity contribution in [2.24, 2.45) is 0 Å². The van der Waals surface area contributed by atoms with Crippen LogP contribution in [0.5, 0.6) is 0 Å². The lowest BCUT2D eigenvalue weighted by atomic mass is 10.1. The standard InChI is InChI=1S/C14H15ClN2/c1-3-9-17(10-4-2)14(11-16)12-5-7-13(15)8-6-12/h3-8,14H,1-2,9-10H2. The second kappa shape index (κ2) is 6.90. The van der Waals surface area contributed by atoms with Crippen LogP contribution in [0.2, 0.25) is 5.02 Å². The van der Waals surface area contributed by atoms with E-state index in [0.717, 1.165) is 5.56 Å². The van der Waals surface area contributed by atoms with E-state index in [4.69, 9.17) is 11.6 Å². The van der Waals surface area contributed by atoms with Crippen molar-refractivity contribution >= 4 is 11.6 Å². The van der Waals surface area contributed by atoms with Crippen LogP contribution in [0.4, 0.5) is 0 Å². The summed E-state index contributed by atoms with van der Waals surface area (Å²) in [4.78, 5) is 1.99. The molecule has 0 saturated heterocycles. The Balaban J connectivity index is 2.95. The highest BCUT2D eigenvalue weighted by molar-refractivity contribution is 6.30. The van der Waals surface area contributed by atoms with Gasteiger partial charge in [-0.15, -0.1) is 13.2 Å². The van der Waals surface area contributed by atoms with Crippen LogP contribution in [0.25, 0.3) is 0 Å². The van der Waals surface area contributed by atoms with Gasteiger partial charge in [0.05, 0.1) is 6.07 Å². The molecular weight excluding hydrogens is 232 g/mol. The van der Waals surface area contributed by atoms with Gasteiger partial charge in [-0.05, 0) is 17.7 Å². The van der Waals surface area contributed by atoms with Gasteiger partial charge in [0, 0.05) is 18.1 Å². The Morgan fingerprint density at radius 3 is 2.18 bits per heavy atom. The first kappa shape index (κ1) is 13.5. The van der Waals surface area contributed by atoms with Crippen LogP contribution in [0.3, 0.4) is 0 Å². The van der Waals surface area contributed by atoms with Crippen molar-refractivity contribution in [2.45, 2.75) is 6.04 Å². The largest absolute Gasteiger partial charge is 0.277 e. The molecule has 3 heteroatoms. The predicted molar refractivity (Wildman–Crippen MR) is 71.8 cm³/mol. The Kier molecular flexibility index (Phi) is 5.48. The highest BCUT2D eigenvalue weighted by Gasteiger charge is 2.17. The van der Waals surface area contributed by atoms with Gasteiger partial charge >= 0.3 is 0 Å². The van der Waals surface area contributed by atoms with Gasteiger partial charge < -0.3 is 0 Å². The molecule has 1 aromatic rings. The molecule has 0 heterocycles. The van der Waals surface area contributed by atoms with E-state index in [1.54, 1.807) is 24.3 Å². The first-order valence-electron chi connectivity index (χ1n) is 5.33. The van der Waals surface area contributed by atoms with Crippen LogP contribution in [0.1, 0.15) is 11.6 Å². The van der Waals surface area contributed by atoms with Crippen LogP contribution in [-0.2, 0) is 0 Å². The predicted octanol–water partition coefficient (Wildman–Crippen LogP) is 3.58. The summed E-state index contributed by atoms with van der Waals surface area (Å²) in [5, 5.41) is 9.95. The molecule has 0 aromatic heterocycles. The third-order valence-electron chi connectivity index (χ3n) is 2.40. The molecule has 1 aromatic carbocycles. The number of hydrogen-bond acceptors (Lipinski definition) is 2. The first-order valence-corrected chi connectivity index (χ1v) is 5.71. The van der Waals surface area contributed by atoms with Crippen molar-refractivity contribution in [1.29, 1.82) is 5.26 Å². The summed E-state index contributed by atoms with van der Waals surface area (Å²) in [5.41, 5.74) is 0.931. The maximum Gasteiger partial charge on any atom is 0.124 e. The molecule has 0 radical (unpaired) electrons. The Labute approximate surface area is 107 Å². The van der Waals surface area contributed by atoms with Gasteiger partial charge in [-0.2, -0.15) is 5.26 Å². The monoisotopic (exact) mass is 246 g/mol. The molecule has 0 spiro atoms. The Morgan fingerprint density at radius 2 is 1.76 bits per heavy atom. The van der Waals surface area contributed by atoms with E-state index >= 15 is 0 Å². The fraction of sp³-hybridized carbons (Fsp3) is 0.214. The number of halogens is 1. The van der Waals surface area contributed by atoms with Gasteiger partial charge in [-0.1, -0.05) is 35.9 Å². The molecule has 1 rings (SSSR count). The molecule has 0 N–H and O–H groups in total. The lowest BCUT2D eigenvalue weighted by molar-refractivity contribution is 0.291. The van der Waals surface area contributed by atoms with Gasteiger partial charge in [0.1, 0.15) is 6.04 Å². The Bertz CT molecular complexity index is 407. The third-order valence-corrected chi connectivity index (χ3v) is 2.65. The van der Waals surface area contributed by atoms with Gasteiger partial charge in [-0.25, -0.2) is 0 Å². The zero-order valence-electron chi connectivity index (χ0n) is 9.64. The average Bonchev–Trinajstić information content (AvgIpc) is 2.33. The first-order chi connectivity index (χ1) is 8.22. The average molecular weight is 247 g/mol. The van der Waals surface area contributed by atoms with E-state index in [2.05, 4.69) is 19.2 Å². The molecule has 0 aliphatic carbocycles. The van der Waals surface area contributed by atoms with Crippen LogP contribution in [-0.4, -0.2) is 18.0 Å². The van der Waals surface area contributed by atoms with E-state index in [0.29, 0.717) is 18.1 Å². The second-order valence-corrected chi connectivity index (χ2v) is 4.05. The number of rotatable bonds is 6. The molecular formula is C14H15ClN2. The van der Waals surface area contributed by atoms with Crippen molar-refractivity contribution in [1.82, 2.24) is 4.90 Å². The second-order valence-electron chi connectivity index (χ2n) is 3.61. The quantitative estimate of drug-likeness (QED) is 0.718. The Morgan fingerprint density at radius 1 is 1.24 bits per heavy atom. The van der Waals surface area contributed by atoms with Crippen molar-refractivity contribution in [3.63, 3.8) is 0 Å². The van der Waals surface area contributed by atoms with Crippen LogP contribution >= 0.6 is 11.6 Å². The Hall–Kier alpha value is -1.56. The van der Waals surface area contributed by atoms with Crippen LogP contribution < -0.4 is 0 Å². The molecule has 2 nitrogen and oxygen atoms in total. The zero-order chi connectivity index (χ0) is 12.7. The smallest absolute Gasteiger partial charge is 0.124 e. The fourth-order valence-corrected chi connectivity index (χ4v) is 1.76. The highest BCUT2D eigenvalue weighted by atomic mass is 35.5. The van der Waals surface area contributed by atoms with Gasteiger partial charge in [0.15, 0.2) is 0 Å². The molecule has 0 saturated carbocycles. The lowest BCUT2D eigenvalue weighted by Gasteiger charge is -2.24. The number of benzene rings is 1. The van der Waals surface area contributed by atoms with Crippen molar-refractivity contribution in [2.75, 3.05) is 13.1 Å². The SMILES string of the molecule is C=CCN(CC=C)C(C#N)c1ccc(Cl)cc1. The molecule has 0 fully saturated rings. The highest BCUT2D eigenvalue weighted by Crippen LogP contribution is 2.21. The van der Waals surface area contributed by atoms with Gasteiger partial charge in [-0.3, -0.25) is 4.90 Å². The molecule has 17 heavy (non-hydrogen) atoms. The molecule has 1 unspecified atom stereocenters. The summed E-state index contributed by atoms with van der Waals surface area (Å²) in [7, 11) is 0. The molecule has 0 bridgehead atoms. The number of nitriles is 1. The summed E-state index contributed by atoms with van der Waals surface area (Å²) in [6.45, 7) is 8.69. The van der Waals surface area contributed by atoms with Crippen LogP contribution in [0, 0.1) is 11.3 Å². The fourth-order valence-electron chi connectivity index (χ4n) is 1.63. The maximum absolute atomic E-state index is 9.28. The number of nitrogens with zero attached hydrogens (tertiary/aromatic N) is 2. The van der Waals surface area contributed by atoms with Crippen molar-refractivity contribution in [3.05, 3.63) is 60.2 Å². The summed E-state index contributed by atoms with van der Waals surface area (Å²) in [5.74, 6) is 0. The summed E-state index contributed by atoms with van der Waals surface area (Å²) in [6.07, 6.45) is 3.56. The minimum Gasteiger partial charge on any atom is -0.277 e. The van der Waals surface area contributed by atoms with Gasteiger partial charge in [0.2, 0.25) is 0 Å². The molecule has 0 aliphatic rings. The van der Waals surface area contributed by atoms with E-state index in [9.17, 15) is 5.26 Å². The molecule has 1 atom stereocenters. The number of hydrogen-bond donors (Lipinski definition) is 0. The molecule has 0 aliphatic heterocycles. The lowest BCUT2D eigenvalue weighted by Crippen LogP contribution is -2.28. The van der Waals surface area contributed by atoms with Crippen molar-refractivity contribution < 1.29 is 0 Å². The minimum atomic E-state index is -0.303. The van der Waals surface area contributed by atoms with Crippen LogP contribution in [0.15, 0.2) is 49.6 Å². The summed E-state index contributed by atoms with van der Waals surface area (Å²) < 4.78 is 0. The maximum atomic E-state index is 9.28. The summed E-state index contributed by atoms with van der Waals surface area (Å²) >= 11 is 5.83. The normalized spacial score (nSPS) is 11.8. The van der Waals surface area contributed by atoms with E-state index < -0.39 is 0 Å². The third kappa shape index (κ3) is 3.74. The van der Waals surface area contributed by atoms with Gasteiger partial charge in [0.25, 0.3) is 0 Å². The minimum absolute atomic E-state index is 0.303. The zero-order valence-corrected chi connectivity index (χ0v) is 10.4. The molecule has 0 amide bonds. The van der Waals surface area contributed by atoms with Crippen molar-refractivity contribution in [3.8, 4) is 6.07 Å². The van der Waals surface area contributed by atoms with E-state index in [1.165, 1.54) is 0 Å². The van der Waals surface area contributed by atoms with E-state index in [1.807, 2.05) is 17.0 Å². The topological polar surface area (TPSA) is 27.0 Å².